The normalized spacial score (nSPS) is 10.8. The molecule has 2 rings (SSSR count). The fourth-order valence-electron chi connectivity index (χ4n) is 2.24. The highest BCUT2D eigenvalue weighted by Gasteiger charge is 2.10. The fraction of sp³-hybridized carbons (Fsp3) is 0.235. The Hall–Kier alpha value is -2.20. The molecule has 4 heteroatoms. The van der Waals surface area contributed by atoms with Crippen molar-refractivity contribution in [3.05, 3.63) is 71.0 Å². The van der Waals surface area contributed by atoms with Crippen LogP contribution in [0.15, 0.2) is 48.5 Å². The highest BCUT2D eigenvalue weighted by atomic mass is 19.1. The number of halogens is 1. The summed E-state index contributed by atoms with van der Waals surface area (Å²) < 4.78 is 13.5. The molecule has 0 fully saturated rings. The summed E-state index contributed by atoms with van der Waals surface area (Å²) in [7, 11) is 0. The topological polar surface area (TPSA) is 40.5 Å². The van der Waals surface area contributed by atoms with Crippen molar-refractivity contribution in [1.82, 2.24) is 4.90 Å². The van der Waals surface area contributed by atoms with Gasteiger partial charge in [0.1, 0.15) is 5.82 Å². The summed E-state index contributed by atoms with van der Waals surface area (Å²) in [6.45, 7) is 4.09. The molecule has 0 atom stereocenters. The molecule has 0 unspecified atom stereocenters. The van der Waals surface area contributed by atoms with Gasteiger partial charge in [0.25, 0.3) is 0 Å². The van der Waals surface area contributed by atoms with E-state index in [1.807, 2.05) is 37.3 Å². The predicted octanol–water partition coefficient (Wildman–Crippen LogP) is 3.55. The lowest BCUT2D eigenvalue weighted by Crippen LogP contribution is -2.22. The molecule has 0 aliphatic rings. The van der Waals surface area contributed by atoms with Gasteiger partial charge in [0.2, 0.25) is 0 Å². The second kappa shape index (κ2) is 6.99. The Labute approximate surface area is 123 Å². The quantitative estimate of drug-likeness (QED) is 0.883. The maximum absolute atomic E-state index is 13.5. The average Bonchev–Trinajstić information content (AvgIpc) is 2.47. The van der Waals surface area contributed by atoms with Crippen molar-refractivity contribution in [3.8, 4) is 0 Å². The Kier molecular flexibility index (Phi) is 5.06. The summed E-state index contributed by atoms with van der Waals surface area (Å²) >= 11 is 0. The number of nitrogens with zero attached hydrogens (tertiary/aromatic N) is 1. The van der Waals surface area contributed by atoms with E-state index < -0.39 is 11.8 Å². The summed E-state index contributed by atoms with van der Waals surface area (Å²) in [4.78, 5) is 13.1. The van der Waals surface area contributed by atoms with Crippen molar-refractivity contribution >= 4 is 5.97 Å². The van der Waals surface area contributed by atoms with E-state index in [1.54, 1.807) is 0 Å². The third-order valence-electron chi connectivity index (χ3n) is 3.31. The van der Waals surface area contributed by atoms with Gasteiger partial charge in [0.15, 0.2) is 0 Å². The first-order valence-electron chi connectivity index (χ1n) is 6.87. The van der Waals surface area contributed by atoms with E-state index in [4.69, 9.17) is 5.11 Å². The minimum Gasteiger partial charge on any atom is -0.478 e. The molecule has 0 aromatic heterocycles. The highest BCUT2D eigenvalue weighted by molar-refractivity contribution is 5.87. The third-order valence-corrected chi connectivity index (χ3v) is 3.31. The molecule has 0 radical (unpaired) electrons. The lowest BCUT2D eigenvalue weighted by Gasteiger charge is -2.21. The summed E-state index contributed by atoms with van der Waals surface area (Å²) in [5.41, 5.74) is 1.83. The first-order chi connectivity index (χ1) is 10.1. The van der Waals surface area contributed by atoms with Crippen molar-refractivity contribution < 1.29 is 14.3 Å². The van der Waals surface area contributed by atoms with Gasteiger partial charge in [0, 0.05) is 13.1 Å². The monoisotopic (exact) mass is 287 g/mol. The van der Waals surface area contributed by atoms with Gasteiger partial charge in [-0.25, -0.2) is 9.18 Å². The molecule has 2 aromatic rings. The van der Waals surface area contributed by atoms with Crippen LogP contribution in [0.4, 0.5) is 4.39 Å². The van der Waals surface area contributed by atoms with Crippen LogP contribution in [-0.4, -0.2) is 22.5 Å². The van der Waals surface area contributed by atoms with Gasteiger partial charge >= 0.3 is 5.97 Å². The second-order valence-corrected chi connectivity index (χ2v) is 4.94. The Morgan fingerprint density at radius 3 is 2.38 bits per heavy atom. The van der Waals surface area contributed by atoms with Crippen molar-refractivity contribution in [2.45, 2.75) is 20.0 Å². The van der Waals surface area contributed by atoms with E-state index in [2.05, 4.69) is 4.90 Å². The number of aromatic carboxylic acids is 1. The fourth-order valence-corrected chi connectivity index (χ4v) is 2.24. The molecule has 21 heavy (non-hydrogen) atoms. The molecular formula is C17H18FNO2. The molecule has 0 aliphatic heterocycles. The smallest absolute Gasteiger partial charge is 0.335 e. The number of carbonyl (C=O) groups is 1. The standard InChI is InChI=1S/C17H18FNO2/c1-2-19(11-13-6-4-3-5-7-13)12-14-8-15(17(20)21)10-16(18)9-14/h3-10H,2,11-12H2,1H3,(H,20,21). The molecule has 3 nitrogen and oxygen atoms in total. The van der Waals surface area contributed by atoms with Crippen LogP contribution in [0.25, 0.3) is 0 Å². The number of rotatable bonds is 6. The highest BCUT2D eigenvalue weighted by Crippen LogP contribution is 2.14. The van der Waals surface area contributed by atoms with Crippen molar-refractivity contribution in [1.29, 1.82) is 0 Å². The number of carboxylic acids is 1. The lowest BCUT2D eigenvalue weighted by molar-refractivity contribution is 0.0696. The van der Waals surface area contributed by atoms with Crippen LogP contribution in [-0.2, 0) is 13.1 Å². The Morgan fingerprint density at radius 1 is 1.10 bits per heavy atom. The van der Waals surface area contributed by atoms with Gasteiger partial charge in [-0.05, 0) is 35.9 Å². The summed E-state index contributed by atoms with van der Waals surface area (Å²) in [5.74, 6) is -1.62. The van der Waals surface area contributed by atoms with Gasteiger partial charge in [-0.15, -0.1) is 0 Å². The van der Waals surface area contributed by atoms with E-state index in [1.165, 1.54) is 17.7 Å². The molecule has 0 amide bonds. The molecule has 0 aliphatic carbocycles. The molecular weight excluding hydrogens is 269 g/mol. The van der Waals surface area contributed by atoms with Crippen LogP contribution in [0.5, 0.6) is 0 Å². The van der Waals surface area contributed by atoms with Gasteiger partial charge < -0.3 is 5.11 Å². The van der Waals surface area contributed by atoms with E-state index in [0.717, 1.165) is 19.2 Å². The number of hydrogen-bond donors (Lipinski definition) is 1. The molecule has 0 saturated carbocycles. The van der Waals surface area contributed by atoms with Crippen LogP contribution >= 0.6 is 0 Å². The molecule has 0 bridgehead atoms. The predicted molar refractivity (Wildman–Crippen MR) is 79.6 cm³/mol. The average molecular weight is 287 g/mol. The minimum atomic E-state index is -1.11. The van der Waals surface area contributed by atoms with Crippen LogP contribution in [0.1, 0.15) is 28.4 Å². The first-order valence-corrected chi connectivity index (χ1v) is 6.87. The van der Waals surface area contributed by atoms with Crippen molar-refractivity contribution in [2.24, 2.45) is 0 Å². The van der Waals surface area contributed by atoms with Crippen molar-refractivity contribution in [3.63, 3.8) is 0 Å². The summed E-state index contributed by atoms with van der Waals surface area (Å²) in [6.07, 6.45) is 0. The van der Waals surface area contributed by atoms with E-state index in [0.29, 0.717) is 12.1 Å². The maximum atomic E-state index is 13.5. The van der Waals surface area contributed by atoms with Gasteiger partial charge in [-0.1, -0.05) is 37.3 Å². The largest absolute Gasteiger partial charge is 0.478 e. The second-order valence-electron chi connectivity index (χ2n) is 4.94. The molecule has 0 spiro atoms. The Balaban J connectivity index is 2.13. The van der Waals surface area contributed by atoms with Gasteiger partial charge in [-0.2, -0.15) is 0 Å². The van der Waals surface area contributed by atoms with Crippen LogP contribution in [0, 0.1) is 5.82 Å². The maximum Gasteiger partial charge on any atom is 0.335 e. The lowest BCUT2D eigenvalue weighted by atomic mass is 10.1. The van der Waals surface area contributed by atoms with Crippen LogP contribution < -0.4 is 0 Å². The van der Waals surface area contributed by atoms with Crippen molar-refractivity contribution in [2.75, 3.05) is 6.54 Å². The van der Waals surface area contributed by atoms with Gasteiger partial charge in [-0.3, -0.25) is 4.90 Å². The Morgan fingerprint density at radius 2 is 1.76 bits per heavy atom. The SMILES string of the molecule is CCN(Cc1ccccc1)Cc1cc(F)cc(C(=O)O)c1. The minimum absolute atomic E-state index is 0.0132. The molecule has 0 saturated heterocycles. The summed E-state index contributed by atoms with van der Waals surface area (Å²) in [6, 6.07) is 14.0. The van der Waals surface area contributed by atoms with E-state index in [-0.39, 0.29) is 5.56 Å². The van der Waals surface area contributed by atoms with Crippen LogP contribution in [0.2, 0.25) is 0 Å². The molecule has 2 aromatic carbocycles. The number of carboxylic acid groups (broad SMARTS) is 1. The first kappa shape index (κ1) is 15.2. The van der Waals surface area contributed by atoms with E-state index >= 15 is 0 Å². The molecule has 110 valence electrons. The molecule has 1 N–H and O–H groups in total. The molecule has 0 heterocycles. The Bertz CT molecular complexity index is 613. The zero-order chi connectivity index (χ0) is 15.2. The number of benzene rings is 2. The van der Waals surface area contributed by atoms with Gasteiger partial charge in [0.05, 0.1) is 5.56 Å². The van der Waals surface area contributed by atoms with E-state index in [9.17, 15) is 9.18 Å². The zero-order valence-corrected chi connectivity index (χ0v) is 11.9. The van der Waals surface area contributed by atoms with Crippen LogP contribution in [0.3, 0.4) is 0 Å². The summed E-state index contributed by atoms with van der Waals surface area (Å²) in [5, 5.41) is 8.98. The zero-order valence-electron chi connectivity index (χ0n) is 11.9. The third kappa shape index (κ3) is 4.39. The number of hydrogen-bond acceptors (Lipinski definition) is 2.